The number of aliphatic imine (C=N–C) groups is 1. The van der Waals surface area contributed by atoms with Gasteiger partial charge >= 0.3 is 0 Å². The Balaban J connectivity index is 1.52. The molecular weight excluding hydrogens is 646 g/mol. The minimum atomic E-state index is -1.45. The van der Waals surface area contributed by atoms with Crippen molar-refractivity contribution in [1.82, 2.24) is 5.32 Å². The molecule has 1 amide bonds. The van der Waals surface area contributed by atoms with Crippen LogP contribution in [-0.2, 0) is 22.4 Å². The van der Waals surface area contributed by atoms with Gasteiger partial charge in [0.2, 0.25) is 5.90 Å². The first-order chi connectivity index (χ1) is 21.8. The Morgan fingerprint density at radius 1 is 0.978 bits per heavy atom. The Bertz CT molecular complexity index is 1630. The van der Waals surface area contributed by atoms with E-state index in [0.29, 0.717) is 41.2 Å². The lowest BCUT2D eigenvalue weighted by molar-refractivity contribution is -0.128. The molecule has 0 saturated carbocycles. The van der Waals surface area contributed by atoms with Gasteiger partial charge in [-0.15, -0.1) is 0 Å². The maximum Gasteiger partial charge on any atom is 0.252 e. The Morgan fingerprint density at radius 3 is 2.40 bits per heavy atom. The highest BCUT2D eigenvalue weighted by molar-refractivity contribution is 9.10. The summed E-state index contributed by atoms with van der Waals surface area (Å²) < 4.78 is 46.2. The number of ether oxygens (including phenoxy) is 3. The second kappa shape index (κ2) is 14.7. The van der Waals surface area contributed by atoms with Crippen LogP contribution < -0.4 is 14.8 Å². The second-order valence-corrected chi connectivity index (χ2v) is 11.6. The van der Waals surface area contributed by atoms with Crippen molar-refractivity contribution >= 4 is 27.7 Å². The van der Waals surface area contributed by atoms with Crippen molar-refractivity contribution in [2.24, 2.45) is 4.99 Å². The van der Waals surface area contributed by atoms with Crippen LogP contribution in [0.3, 0.4) is 0 Å². The highest BCUT2D eigenvalue weighted by Gasteiger charge is 2.53. The van der Waals surface area contributed by atoms with Crippen LogP contribution in [0.25, 0.3) is 0 Å². The zero-order valence-corrected chi connectivity index (χ0v) is 26.2. The molecule has 1 heterocycles. The molecule has 1 aliphatic rings. The third-order valence-electron chi connectivity index (χ3n) is 7.43. The Labute approximate surface area is 269 Å². The number of hydrogen-bond donors (Lipinski definition) is 2. The Kier molecular flexibility index (Phi) is 10.5. The van der Waals surface area contributed by atoms with E-state index in [-0.39, 0.29) is 31.9 Å². The van der Waals surface area contributed by atoms with Crippen molar-refractivity contribution in [1.29, 1.82) is 0 Å². The van der Waals surface area contributed by atoms with E-state index in [9.17, 15) is 13.6 Å². The number of amides is 1. The first-order valence-corrected chi connectivity index (χ1v) is 15.3. The molecule has 5 rings (SSSR count). The molecule has 0 unspecified atom stereocenters. The molecule has 10 heteroatoms. The summed E-state index contributed by atoms with van der Waals surface area (Å²) in [5, 5.41) is 12.0. The summed E-state index contributed by atoms with van der Waals surface area (Å²) in [6.45, 7) is 0.541. The molecule has 0 fully saturated rings. The SMILES string of the molecule is COc1cccc([C@H]2OC(c3ccc(OCCCO)cc3)=N[C@@]2(Cc2ccc(Br)cc2)C(=O)NCCc2cc(F)cc(F)c2)c1. The lowest BCUT2D eigenvalue weighted by atomic mass is 9.82. The number of hydrogen-bond acceptors (Lipinski definition) is 6. The van der Waals surface area contributed by atoms with E-state index in [1.807, 2.05) is 60.7 Å². The van der Waals surface area contributed by atoms with Crippen LogP contribution in [0, 0.1) is 11.6 Å². The number of aliphatic hydroxyl groups is 1. The minimum absolute atomic E-state index is 0.0377. The van der Waals surface area contributed by atoms with E-state index in [4.69, 9.17) is 24.3 Å². The fraction of sp³-hybridized carbons (Fsp3) is 0.257. The van der Waals surface area contributed by atoms with Crippen molar-refractivity contribution in [2.45, 2.75) is 30.9 Å². The summed E-state index contributed by atoms with van der Waals surface area (Å²) in [7, 11) is 1.57. The molecule has 0 radical (unpaired) electrons. The van der Waals surface area contributed by atoms with Gasteiger partial charge in [0.15, 0.2) is 11.6 Å². The standard InChI is InChI=1S/C35H33BrF2N2O5/c1-43-31-5-2-4-26(20-31)32-35(22-23-6-10-27(36)11-7-23,34(42)39-15-14-24-18-28(37)21-29(38)19-24)40-33(45-32)25-8-12-30(13-9-25)44-17-3-16-41/h2,4-13,18-21,32,41H,3,14-17,22H2,1H3,(H,39,42)/t32-,35-/m1/s1. The summed E-state index contributed by atoms with van der Waals surface area (Å²) in [6, 6.07) is 25.5. The predicted molar refractivity (Wildman–Crippen MR) is 171 cm³/mol. The van der Waals surface area contributed by atoms with E-state index < -0.39 is 29.2 Å². The third-order valence-corrected chi connectivity index (χ3v) is 7.96. The van der Waals surface area contributed by atoms with Gasteiger partial charge in [0.05, 0.1) is 13.7 Å². The summed E-state index contributed by atoms with van der Waals surface area (Å²) in [5.74, 6) is -0.241. The van der Waals surface area contributed by atoms with Gasteiger partial charge in [0.1, 0.15) is 23.1 Å². The zero-order valence-electron chi connectivity index (χ0n) is 24.6. The van der Waals surface area contributed by atoms with Crippen molar-refractivity contribution in [3.63, 3.8) is 0 Å². The van der Waals surface area contributed by atoms with Crippen LogP contribution in [0.1, 0.15) is 34.8 Å². The number of benzene rings is 4. The molecule has 4 aromatic rings. The van der Waals surface area contributed by atoms with Crippen LogP contribution in [-0.4, -0.2) is 49.3 Å². The lowest BCUT2D eigenvalue weighted by Gasteiger charge is -2.31. The molecule has 45 heavy (non-hydrogen) atoms. The number of halogens is 3. The van der Waals surface area contributed by atoms with Gasteiger partial charge in [0, 0.05) is 42.1 Å². The smallest absolute Gasteiger partial charge is 0.252 e. The second-order valence-electron chi connectivity index (χ2n) is 10.7. The molecule has 234 valence electrons. The molecule has 0 bridgehead atoms. The van der Waals surface area contributed by atoms with Gasteiger partial charge < -0.3 is 24.6 Å². The molecule has 2 N–H and O–H groups in total. The van der Waals surface area contributed by atoms with Crippen molar-refractivity contribution in [2.75, 3.05) is 26.9 Å². The van der Waals surface area contributed by atoms with Gasteiger partial charge in [-0.25, -0.2) is 13.8 Å². The average Bonchev–Trinajstić information content (AvgIpc) is 3.42. The van der Waals surface area contributed by atoms with Crippen LogP contribution in [0.4, 0.5) is 8.78 Å². The topological polar surface area (TPSA) is 89.4 Å². The van der Waals surface area contributed by atoms with E-state index in [1.54, 1.807) is 19.2 Å². The quantitative estimate of drug-likeness (QED) is 0.161. The van der Waals surface area contributed by atoms with E-state index >= 15 is 0 Å². The predicted octanol–water partition coefficient (Wildman–Crippen LogP) is 6.36. The number of carbonyl (C=O) groups is 1. The fourth-order valence-corrected chi connectivity index (χ4v) is 5.49. The maximum absolute atomic E-state index is 14.4. The molecule has 1 aliphatic heterocycles. The molecule has 0 saturated heterocycles. The van der Waals surface area contributed by atoms with Gasteiger partial charge in [-0.2, -0.15) is 0 Å². The molecule has 0 aliphatic carbocycles. The van der Waals surface area contributed by atoms with Crippen LogP contribution >= 0.6 is 15.9 Å². The number of carbonyl (C=O) groups excluding carboxylic acids is 1. The third kappa shape index (κ3) is 7.87. The van der Waals surface area contributed by atoms with E-state index in [2.05, 4.69) is 21.2 Å². The largest absolute Gasteiger partial charge is 0.497 e. The normalized spacial score (nSPS) is 17.4. The molecule has 7 nitrogen and oxygen atoms in total. The first kappa shape index (κ1) is 32.1. The highest BCUT2D eigenvalue weighted by atomic mass is 79.9. The van der Waals surface area contributed by atoms with Gasteiger partial charge in [-0.05, 0) is 83.8 Å². The van der Waals surface area contributed by atoms with Crippen molar-refractivity contribution in [3.8, 4) is 11.5 Å². The van der Waals surface area contributed by atoms with Crippen LogP contribution in [0.5, 0.6) is 11.5 Å². The van der Waals surface area contributed by atoms with Crippen LogP contribution in [0.15, 0.2) is 100 Å². The number of nitrogens with one attached hydrogen (secondary N) is 1. The Morgan fingerprint density at radius 2 is 1.71 bits per heavy atom. The summed E-state index contributed by atoms with van der Waals surface area (Å²) in [6.07, 6.45) is 0.0995. The van der Waals surface area contributed by atoms with E-state index in [1.165, 1.54) is 12.1 Å². The minimum Gasteiger partial charge on any atom is -0.497 e. The number of nitrogens with zero attached hydrogens (tertiary/aromatic N) is 1. The summed E-state index contributed by atoms with van der Waals surface area (Å²) >= 11 is 3.48. The van der Waals surface area contributed by atoms with Gasteiger partial charge in [-0.1, -0.05) is 40.2 Å². The lowest BCUT2D eigenvalue weighted by Crippen LogP contribution is -2.50. The van der Waals surface area contributed by atoms with Crippen molar-refractivity contribution < 1.29 is 32.9 Å². The fourth-order valence-electron chi connectivity index (χ4n) is 5.23. The number of methoxy groups -OCH3 is 1. The average molecular weight is 680 g/mol. The van der Waals surface area contributed by atoms with E-state index in [0.717, 1.165) is 16.1 Å². The maximum atomic E-state index is 14.4. The summed E-state index contributed by atoms with van der Waals surface area (Å²) in [5.41, 5.74) is 1.18. The first-order valence-electron chi connectivity index (χ1n) is 14.5. The van der Waals surface area contributed by atoms with Crippen molar-refractivity contribution in [3.05, 3.63) is 129 Å². The molecular formula is C35H33BrF2N2O5. The molecule has 0 spiro atoms. The molecule has 2 atom stereocenters. The summed E-state index contributed by atoms with van der Waals surface area (Å²) in [4.78, 5) is 19.4. The van der Waals surface area contributed by atoms with Gasteiger partial charge in [0.25, 0.3) is 5.91 Å². The monoisotopic (exact) mass is 678 g/mol. The molecule has 4 aromatic carbocycles. The zero-order chi connectivity index (χ0) is 31.8. The molecule has 0 aromatic heterocycles. The number of rotatable bonds is 13. The van der Waals surface area contributed by atoms with Crippen LogP contribution in [0.2, 0.25) is 0 Å². The van der Waals surface area contributed by atoms with Gasteiger partial charge in [-0.3, -0.25) is 4.79 Å². The number of aliphatic hydroxyl groups excluding tert-OH is 1. The highest BCUT2D eigenvalue weighted by Crippen LogP contribution is 2.43. The Hall–Kier alpha value is -4.28.